The molecule has 0 unspecified atom stereocenters. The quantitative estimate of drug-likeness (QED) is 0.803. The largest absolute Gasteiger partial charge is 0.481 e. The molecule has 5 heteroatoms. The fraction of sp³-hybridized carbons (Fsp3) is 0.556. The summed E-state index contributed by atoms with van der Waals surface area (Å²) in [4.78, 5) is 22.9. The summed E-state index contributed by atoms with van der Waals surface area (Å²) >= 11 is 0. The number of benzene rings is 1. The van der Waals surface area contributed by atoms with Gasteiger partial charge in [0.2, 0.25) is 0 Å². The molecule has 0 bridgehead atoms. The van der Waals surface area contributed by atoms with E-state index in [-0.39, 0.29) is 19.1 Å². The molecule has 1 aromatic rings. The van der Waals surface area contributed by atoms with Gasteiger partial charge in [-0.05, 0) is 17.9 Å². The number of carbonyl (C=O) groups is 2. The molecule has 126 valence electrons. The molecule has 1 atom stereocenters. The molecule has 1 aliphatic rings. The molecule has 0 saturated heterocycles. The monoisotopic (exact) mass is 319 g/mol. The summed E-state index contributed by atoms with van der Waals surface area (Å²) in [6.07, 6.45) is 6.01. The van der Waals surface area contributed by atoms with Crippen LogP contribution in [-0.4, -0.2) is 23.2 Å². The van der Waals surface area contributed by atoms with Crippen molar-refractivity contribution in [2.24, 2.45) is 5.92 Å². The van der Waals surface area contributed by atoms with Crippen LogP contribution in [0.1, 0.15) is 50.5 Å². The molecule has 2 N–H and O–H groups in total. The first-order chi connectivity index (χ1) is 11.1. The van der Waals surface area contributed by atoms with E-state index in [1.807, 2.05) is 30.3 Å². The number of hydrogen-bond donors (Lipinski definition) is 2. The van der Waals surface area contributed by atoms with E-state index < -0.39 is 12.1 Å². The second-order valence-corrected chi connectivity index (χ2v) is 6.24. The van der Waals surface area contributed by atoms with Gasteiger partial charge in [0.25, 0.3) is 0 Å². The summed E-state index contributed by atoms with van der Waals surface area (Å²) in [5, 5.41) is 11.8. The molecule has 23 heavy (non-hydrogen) atoms. The van der Waals surface area contributed by atoms with Gasteiger partial charge in [-0.25, -0.2) is 4.79 Å². The number of carbonyl (C=O) groups excluding carboxylic acids is 1. The van der Waals surface area contributed by atoms with Crippen LogP contribution in [0.5, 0.6) is 0 Å². The van der Waals surface area contributed by atoms with E-state index in [9.17, 15) is 9.59 Å². The first kappa shape index (κ1) is 17.3. The van der Waals surface area contributed by atoms with Gasteiger partial charge in [-0.2, -0.15) is 0 Å². The Hall–Kier alpha value is -2.04. The molecule has 1 aromatic carbocycles. The Morgan fingerprint density at radius 3 is 2.52 bits per heavy atom. The van der Waals surface area contributed by atoms with Gasteiger partial charge in [-0.3, -0.25) is 4.79 Å². The second kappa shape index (κ2) is 9.18. The molecule has 5 nitrogen and oxygen atoms in total. The van der Waals surface area contributed by atoms with Crippen LogP contribution >= 0.6 is 0 Å². The minimum absolute atomic E-state index is 0.0586. The summed E-state index contributed by atoms with van der Waals surface area (Å²) < 4.78 is 5.19. The lowest BCUT2D eigenvalue weighted by Crippen LogP contribution is -2.38. The fourth-order valence-corrected chi connectivity index (χ4v) is 3.16. The molecular weight excluding hydrogens is 294 g/mol. The molecule has 2 rings (SSSR count). The molecule has 0 spiro atoms. The van der Waals surface area contributed by atoms with E-state index in [1.54, 1.807) is 0 Å². The van der Waals surface area contributed by atoms with Crippen molar-refractivity contribution in [2.45, 2.75) is 57.6 Å². The first-order valence-corrected chi connectivity index (χ1v) is 8.32. The molecule has 0 aromatic heterocycles. The third-order valence-electron chi connectivity index (χ3n) is 4.30. The van der Waals surface area contributed by atoms with Crippen molar-refractivity contribution in [1.82, 2.24) is 5.32 Å². The van der Waals surface area contributed by atoms with Crippen molar-refractivity contribution in [3.05, 3.63) is 35.9 Å². The molecular formula is C18H25NO4. The van der Waals surface area contributed by atoms with E-state index in [0.717, 1.165) is 18.4 Å². The fourth-order valence-electron chi connectivity index (χ4n) is 3.16. The maximum absolute atomic E-state index is 11.9. The van der Waals surface area contributed by atoms with E-state index >= 15 is 0 Å². The minimum Gasteiger partial charge on any atom is -0.481 e. The number of amides is 1. The average molecular weight is 319 g/mol. The van der Waals surface area contributed by atoms with Crippen molar-refractivity contribution >= 4 is 12.1 Å². The van der Waals surface area contributed by atoms with Crippen LogP contribution in [0.3, 0.4) is 0 Å². The van der Waals surface area contributed by atoms with E-state index in [4.69, 9.17) is 9.84 Å². The summed E-state index contributed by atoms with van der Waals surface area (Å²) in [6.45, 7) is 0.190. The van der Waals surface area contributed by atoms with Crippen LogP contribution in [0, 0.1) is 5.92 Å². The summed E-state index contributed by atoms with van der Waals surface area (Å²) in [5.41, 5.74) is 0.907. The van der Waals surface area contributed by atoms with Gasteiger partial charge in [-0.1, -0.05) is 62.4 Å². The van der Waals surface area contributed by atoms with Gasteiger partial charge >= 0.3 is 12.1 Å². The van der Waals surface area contributed by atoms with Gasteiger partial charge < -0.3 is 15.2 Å². The first-order valence-electron chi connectivity index (χ1n) is 8.32. The maximum Gasteiger partial charge on any atom is 0.407 e. The lowest BCUT2D eigenvalue weighted by molar-refractivity contribution is -0.137. The number of carboxylic acids is 1. The highest BCUT2D eigenvalue weighted by atomic mass is 16.5. The van der Waals surface area contributed by atoms with Gasteiger partial charge in [-0.15, -0.1) is 0 Å². The summed E-state index contributed by atoms with van der Waals surface area (Å²) in [6, 6.07) is 9.06. The smallest absolute Gasteiger partial charge is 0.407 e. The Kier molecular flexibility index (Phi) is 6.91. The average Bonchev–Trinajstić information content (AvgIpc) is 2.54. The number of alkyl carbamates (subject to hydrolysis) is 1. The van der Waals surface area contributed by atoms with E-state index in [0.29, 0.717) is 12.3 Å². The predicted octanol–water partition coefficient (Wildman–Crippen LogP) is 3.73. The Balaban J connectivity index is 1.80. The summed E-state index contributed by atoms with van der Waals surface area (Å²) in [7, 11) is 0. The van der Waals surface area contributed by atoms with E-state index in [1.165, 1.54) is 19.3 Å². The molecule has 0 radical (unpaired) electrons. The molecule has 0 aliphatic heterocycles. The molecule has 1 amide bonds. The lowest BCUT2D eigenvalue weighted by atomic mass is 9.84. The van der Waals surface area contributed by atoms with Crippen LogP contribution in [0.15, 0.2) is 30.3 Å². The van der Waals surface area contributed by atoms with Crippen molar-refractivity contribution in [3.8, 4) is 0 Å². The van der Waals surface area contributed by atoms with Crippen LogP contribution in [0.4, 0.5) is 4.79 Å². The number of nitrogens with one attached hydrogen (secondary N) is 1. The van der Waals surface area contributed by atoms with Gasteiger partial charge in [0.05, 0.1) is 6.42 Å². The highest BCUT2D eigenvalue weighted by molar-refractivity contribution is 5.71. The predicted molar refractivity (Wildman–Crippen MR) is 87.0 cm³/mol. The molecule has 1 fully saturated rings. The number of hydrogen-bond acceptors (Lipinski definition) is 3. The molecule has 1 saturated carbocycles. The van der Waals surface area contributed by atoms with Crippen molar-refractivity contribution < 1.29 is 19.4 Å². The standard InChI is InChI=1S/C18H25NO4/c20-17(21)12-16(11-14-7-3-1-4-8-14)19-18(22)23-13-15-9-5-2-6-10-15/h2,5-6,9-10,14,16H,1,3-4,7-8,11-13H2,(H,19,22)(H,20,21)/t16-/m1/s1. The SMILES string of the molecule is O=C(O)C[C@@H](CC1CCCCC1)NC(=O)OCc1ccccc1. The molecule has 1 aliphatic carbocycles. The Morgan fingerprint density at radius 1 is 1.17 bits per heavy atom. The minimum atomic E-state index is -0.894. The molecule has 0 heterocycles. The highest BCUT2D eigenvalue weighted by Gasteiger charge is 2.22. The van der Waals surface area contributed by atoms with Crippen LogP contribution in [0.2, 0.25) is 0 Å². The third-order valence-corrected chi connectivity index (χ3v) is 4.30. The zero-order chi connectivity index (χ0) is 16.5. The van der Waals surface area contributed by atoms with Crippen LogP contribution in [0.25, 0.3) is 0 Å². The Morgan fingerprint density at radius 2 is 1.87 bits per heavy atom. The number of ether oxygens (including phenoxy) is 1. The van der Waals surface area contributed by atoms with Gasteiger partial charge in [0, 0.05) is 6.04 Å². The zero-order valence-electron chi connectivity index (χ0n) is 13.4. The van der Waals surface area contributed by atoms with Gasteiger partial charge in [0.15, 0.2) is 0 Å². The Labute approximate surface area is 137 Å². The summed E-state index contributed by atoms with van der Waals surface area (Å²) in [5.74, 6) is -0.392. The normalized spacial score (nSPS) is 16.5. The maximum atomic E-state index is 11.9. The van der Waals surface area contributed by atoms with Crippen molar-refractivity contribution in [2.75, 3.05) is 0 Å². The van der Waals surface area contributed by atoms with Gasteiger partial charge in [0.1, 0.15) is 6.61 Å². The lowest BCUT2D eigenvalue weighted by Gasteiger charge is -2.26. The second-order valence-electron chi connectivity index (χ2n) is 6.24. The topological polar surface area (TPSA) is 75.6 Å². The number of carboxylic acid groups (broad SMARTS) is 1. The zero-order valence-corrected chi connectivity index (χ0v) is 13.4. The van der Waals surface area contributed by atoms with Crippen molar-refractivity contribution in [3.63, 3.8) is 0 Å². The van der Waals surface area contributed by atoms with Crippen molar-refractivity contribution in [1.29, 1.82) is 0 Å². The van der Waals surface area contributed by atoms with Crippen LogP contribution < -0.4 is 5.32 Å². The van der Waals surface area contributed by atoms with Crippen LogP contribution in [-0.2, 0) is 16.1 Å². The highest BCUT2D eigenvalue weighted by Crippen LogP contribution is 2.28. The third kappa shape index (κ3) is 6.72. The van der Waals surface area contributed by atoms with E-state index in [2.05, 4.69) is 5.32 Å². The number of rotatable bonds is 7. The Bertz CT molecular complexity index is 497. The number of aliphatic carboxylic acids is 1.